The summed E-state index contributed by atoms with van der Waals surface area (Å²) in [4.78, 5) is 16.8. The van der Waals surface area contributed by atoms with E-state index in [1.54, 1.807) is 0 Å². The smallest absolute Gasteiger partial charge is 0.417 e. The van der Waals surface area contributed by atoms with E-state index in [0.29, 0.717) is 17.4 Å². The van der Waals surface area contributed by atoms with Gasteiger partial charge < -0.3 is 14.7 Å². The van der Waals surface area contributed by atoms with Crippen molar-refractivity contribution in [2.75, 3.05) is 25.1 Å². The molecule has 0 aromatic carbocycles. The zero-order valence-corrected chi connectivity index (χ0v) is 14.1. The molecule has 26 heavy (non-hydrogen) atoms. The van der Waals surface area contributed by atoms with Crippen LogP contribution >= 0.6 is 11.3 Å². The van der Waals surface area contributed by atoms with Crippen LogP contribution in [0.1, 0.15) is 22.3 Å². The average Bonchev–Trinajstić information content (AvgIpc) is 2.98. The van der Waals surface area contributed by atoms with Crippen LogP contribution in [-0.2, 0) is 10.9 Å². The maximum atomic E-state index is 13.8. The number of carbonyl (C=O) groups excluding carboxylic acids is 1. The molecule has 1 fully saturated rings. The number of pyridine rings is 1. The first-order valence-corrected chi connectivity index (χ1v) is 8.31. The Labute approximate surface area is 148 Å². The molecule has 1 unspecified atom stereocenters. The van der Waals surface area contributed by atoms with Gasteiger partial charge in [0.05, 0.1) is 35.0 Å². The second kappa shape index (κ2) is 6.31. The molecular weight excluding hydrogens is 383 g/mol. The van der Waals surface area contributed by atoms with Gasteiger partial charge in [0, 0.05) is 11.9 Å². The molecule has 0 amide bonds. The van der Waals surface area contributed by atoms with Crippen LogP contribution in [0.15, 0.2) is 11.4 Å². The van der Waals surface area contributed by atoms with E-state index < -0.39 is 36.3 Å². The summed E-state index contributed by atoms with van der Waals surface area (Å²) < 4.78 is 72.1. The predicted molar refractivity (Wildman–Crippen MR) is 83.7 cm³/mol. The molecule has 0 radical (unpaired) electrons. The lowest BCUT2D eigenvalue weighted by molar-refractivity contribution is -0.136. The van der Waals surface area contributed by atoms with E-state index in [-0.39, 0.29) is 34.6 Å². The Bertz CT molecular complexity index is 852. The number of ether oxygens (including phenoxy) is 1. The minimum Gasteiger partial charge on any atom is -0.465 e. The summed E-state index contributed by atoms with van der Waals surface area (Å²) in [5, 5.41) is 10.5. The van der Waals surface area contributed by atoms with Crippen molar-refractivity contribution in [3.8, 4) is 0 Å². The van der Waals surface area contributed by atoms with Crippen LogP contribution < -0.4 is 4.90 Å². The quantitative estimate of drug-likeness (QED) is 0.624. The number of hydrogen-bond donors (Lipinski definition) is 1. The highest BCUT2D eigenvalue weighted by molar-refractivity contribution is 7.17. The number of piperidine rings is 1. The van der Waals surface area contributed by atoms with Gasteiger partial charge in [-0.1, -0.05) is 0 Å². The van der Waals surface area contributed by atoms with Gasteiger partial charge in [-0.05, 0) is 12.5 Å². The summed E-state index contributed by atoms with van der Waals surface area (Å²) in [5.74, 6) is -4.68. The molecule has 3 heterocycles. The number of hydrogen-bond acceptors (Lipinski definition) is 6. The Hall–Kier alpha value is -2.01. The molecule has 2 aromatic heterocycles. The molecule has 2 aromatic rings. The highest BCUT2D eigenvalue weighted by Crippen LogP contribution is 2.41. The largest absolute Gasteiger partial charge is 0.465 e. The molecular formula is C15H13F5N2O3S. The van der Waals surface area contributed by atoms with Crippen LogP contribution in [0.4, 0.5) is 27.8 Å². The minimum absolute atomic E-state index is 0.0930. The third-order valence-corrected chi connectivity index (χ3v) is 5.11. The number of alkyl halides is 5. The van der Waals surface area contributed by atoms with E-state index in [0.717, 1.165) is 12.0 Å². The molecule has 11 heteroatoms. The van der Waals surface area contributed by atoms with E-state index >= 15 is 0 Å². The number of nitrogens with zero attached hydrogens (tertiary/aromatic N) is 2. The molecule has 0 aliphatic carbocycles. The lowest BCUT2D eigenvalue weighted by atomic mass is 10.0. The van der Waals surface area contributed by atoms with Crippen LogP contribution in [0, 0.1) is 0 Å². The summed E-state index contributed by atoms with van der Waals surface area (Å²) in [5.41, 5.74) is -1.48. The van der Waals surface area contributed by atoms with Crippen LogP contribution in [0.5, 0.6) is 0 Å². The van der Waals surface area contributed by atoms with Gasteiger partial charge in [-0.15, -0.1) is 11.3 Å². The van der Waals surface area contributed by atoms with Gasteiger partial charge in [-0.3, -0.25) is 0 Å². The topological polar surface area (TPSA) is 62.7 Å². The third kappa shape index (κ3) is 3.20. The lowest BCUT2D eigenvalue weighted by Gasteiger charge is -2.36. The van der Waals surface area contributed by atoms with Gasteiger partial charge in [-0.25, -0.2) is 18.6 Å². The zero-order valence-electron chi connectivity index (χ0n) is 13.3. The number of aromatic nitrogens is 1. The zero-order chi connectivity index (χ0) is 19.3. The standard InChI is InChI=1S/C15H13F5N2O3S/c1-25-13(24)7-5-26-12-8(15(18,19)20)4-10(21-11(7)12)22-3-2-9(23)14(16,17)6-22/h4-5,9,23H,2-3,6H2,1H3. The van der Waals surface area contributed by atoms with E-state index in [9.17, 15) is 31.9 Å². The molecule has 1 aliphatic heterocycles. The summed E-state index contributed by atoms with van der Waals surface area (Å²) in [6.45, 7) is -1.06. The van der Waals surface area contributed by atoms with Crippen LogP contribution in [0.25, 0.3) is 10.2 Å². The number of fused-ring (bicyclic) bond motifs is 1. The van der Waals surface area contributed by atoms with E-state index in [1.807, 2.05) is 0 Å². The predicted octanol–water partition coefficient (Wildman–Crippen LogP) is 3.31. The van der Waals surface area contributed by atoms with Crippen molar-refractivity contribution >= 4 is 33.3 Å². The summed E-state index contributed by atoms with van der Waals surface area (Å²) >= 11 is 0.677. The van der Waals surface area contributed by atoms with Crippen molar-refractivity contribution in [1.82, 2.24) is 4.98 Å². The van der Waals surface area contributed by atoms with Crippen molar-refractivity contribution in [2.45, 2.75) is 24.6 Å². The molecule has 1 saturated heterocycles. The Balaban J connectivity index is 2.15. The van der Waals surface area contributed by atoms with Gasteiger partial charge in [0.1, 0.15) is 11.9 Å². The van der Waals surface area contributed by atoms with Gasteiger partial charge in [-0.2, -0.15) is 13.2 Å². The molecule has 5 nitrogen and oxygen atoms in total. The van der Waals surface area contributed by atoms with Crippen LogP contribution in [0.2, 0.25) is 0 Å². The lowest BCUT2D eigenvalue weighted by Crippen LogP contribution is -2.51. The van der Waals surface area contributed by atoms with Crippen molar-refractivity contribution in [3.05, 3.63) is 22.6 Å². The number of methoxy groups -OCH3 is 1. The monoisotopic (exact) mass is 396 g/mol. The van der Waals surface area contributed by atoms with E-state index in [2.05, 4.69) is 9.72 Å². The first-order valence-electron chi connectivity index (χ1n) is 7.43. The molecule has 1 N–H and O–H groups in total. The Kier molecular flexibility index (Phi) is 4.55. The van der Waals surface area contributed by atoms with Crippen molar-refractivity contribution < 1.29 is 36.6 Å². The second-order valence-corrected chi connectivity index (χ2v) is 6.71. The first-order chi connectivity index (χ1) is 12.0. The average molecular weight is 396 g/mol. The Morgan fingerprint density at radius 3 is 2.73 bits per heavy atom. The molecule has 0 spiro atoms. The molecule has 0 saturated carbocycles. The SMILES string of the molecule is COC(=O)c1csc2c(C(F)(F)F)cc(N3CCC(O)C(F)(F)C3)nc12. The molecule has 1 atom stereocenters. The van der Waals surface area contributed by atoms with Crippen LogP contribution in [0.3, 0.4) is 0 Å². The maximum absolute atomic E-state index is 13.8. The van der Waals surface area contributed by atoms with Gasteiger partial charge >= 0.3 is 12.1 Å². The number of thiophene rings is 1. The molecule has 1 aliphatic rings. The normalized spacial score (nSPS) is 20.4. The van der Waals surface area contributed by atoms with Crippen LogP contribution in [-0.4, -0.2) is 48.3 Å². The van der Waals surface area contributed by atoms with Gasteiger partial charge in [0.25, 0.3) is 5.92 Å². The molecule has 3 rings (SSSR count). The minimum atomic E-state index is -4.76. The first kappa shape index (κ1) is 18.8. The molecule has 0 bridgehead atoms. The van der Waals surface area contributed by atoms with E-state index in [4.69, 9.17) is 0 Å². The number of esters is 1. The number of aliphatic hydroxyl groups excluding tert-OH is 1. The number of anilines is 1. The number of halogens is 5. The van der Waals surface area contributed by atoms with Crippen molar-refractivity contribution in [1.29, 1.82) is 0 Å². The fourth-order valence-electron chi connectivity index (χ4n) is 2.75. The van der Waals surface area contributed by atoms with E-state index in [1.165, 1.54) is 5.38 Å². The highest BCUT2D eigenvalue weighted by atomic mass is 32.1. The number of rotatable bonds is 2. The Morgan fingerprint density at radius 2 is 2.15 bits per heavy atom. The number of aliphatic hydroxyl groups is 1. The second-order valence-electron chi connectivity index (χ2n) is 5.83. The fourth-order valence-corrected chi connectivity index (χ4v) is 3.76. The summed E-state index contributed by atoms with van der Waals surface area (Å²) in [6, 6.07) is 0.688. The van der Waals surface area contributed by atoms with Gasteiger partial charge in [0.2, 0.25) is 0 Å². The van der Waals surface area contributed by atoms with Crippen molar-refractivity contribution in [3.63, 3.8) is 0 Å². The fraction of sp³-hybridized carbons (Fsp3) is 0.467. The van der Waals surface area contributed by atoms with Gasteiger partial charge in [0.15, 0.2) is 0 Å². The molecule has 142 valence electrons. The maximum Gasteiger partial charge on any atom is 0.417 e. The highest BCUT2D eigenvalue weighted by Gasteiger charge is 2.45. The van der Waals surface area contributed by atoms with Crippen molar-refractivity contribution in [2.24, 2.45) is 0 Å². The third-order valence-electron chi connectivity index (χ3n) is 4.11. The number of carbonyl (C=O) groups is 1. The Morgan fingerprint density at radius 1 is 1.46 bits per heavy atom. The summed E-state index contributed by atoms with van der Waals surface area (Å²) in [6.07, 6.45) is -6.94. The summed E-state index contributed by atoms with van der Waals surface area (Å²) in [7, 11) is 1.08.